The number of rotatable bonds is 3. The summed E-state index contributed by atoms with van der Waals surface area (Å²) in [5.41, 5.74) is 19.3. The summed E-state index contributed by atoms with van der Waals surface area (Å²) in [7, 11) is 0. The maximum atomic E-state index is 8.48. The Hall–Kier alpha value is -2.23. The molecule has 3 rings (SSSR count). The first-order valence-corrected chi connectivity index (χ1v) is 7.49. The van der Waals surface area contributed by atoms with E-state index in [0.29, 0.717) is 13.0 Å². The van der Waals surface area contributed by atoms with Gasteiger partial charge in [0.1, 0.15) is 17.4 Å². The van der Waals surface area contributed by atoms with Gasteiger partial charge in [-0.25, -0.2) is 0 Å². The molecule has 0 bridgehead atoms. The van der Waals surface area contributed by atoms with E-state index in [1.54, 1.807) is 0 Å². The highest BCUT2D eigenvalue weighted by atomic mass is 16.5. The monoisotopic (exact) mass is 296 g/mol. The molecule has 5 nitrogen and oxygen atoms in total. The first-order valence-electron chi connectivity index (χ1n) is 7.49. The van der Waals surface area contributed by atoms with Crippen molar-refractivity contribution in [3.05, 3.63) is 68.8 Å². The molecule has 0 fully saturated rings. The van der Waals surface area contributed by atoms with Gasteiger partial charge in [0.25, 0.3) is 0 Å². The number of allylic oxidation sites excluding steroid dienone is 1. The minimum absolute atomic E-state index is 0.114. The van der Waals surface area contributed by atoms with Crippen molar-refractivity contribution in [2.75, 3.05) is 6.54 Å². The fraction of sp³-hybridized carbons (Fsp3) is 0.412. The Morgan fingerprint density at radius 1 is 1.45 bits per heavy atom. The van der Waals surface area contributed by atoms with Crippen molar-refractivity contribution in [2.45, 2.75) is 38.3 Å². The van der Waals surface area contributed by atoms with E-state index >= 15 is 0 Å². The van der Waals surface area contributed by atoms with Crippen LogP contribution >= 0.6 is 0 Å². The molecule has 0 aromatic heterocycles. The summed E-state index contributed by atoms with van der Waals surface area (Å²) in [6.45, 7) is 4.53. The second-order valence-electron chi connectivity index (χ2n) is 6.04. The van der Waals surface area contributed by atoms with Crippen LogP contribution in [0, 0.1) is 13.8 Å². The SMILES string of the molecule is Cc1cccc(C2(N)CC=CC3=C2OC(CN=[N+]=[N-])C3)c1C. The molecule has 22 heavy (non-hydrogen) atoms. The summed E-state index contributed by atoms with van der Waals surface area (Å²) < 4.78 is 6.07. The van der Waals surface area contributed by atoms with Gasteiger partial charge in [-0.15, -0.1) is 0 Å². The lowest BCUT2D eigenvalue weighted by molar-refractivity contribution is 0.116. The topological polar surface area (TPSA) is 84.0 Å². The highest BCUT2D eigenvalue weighted by Crippen LogP contribution is 2.44. The van der Waals surface area contributed by atoms with E-state index in [1.165, 1.54) is 11.1 Å². The predicted molar refractivity (Wildman–Crippen MR) is 86.1 cm³/mol. The number of hydrogen-bond acceptors (Lipinski definition) is 3. The van der Waals surface area contributed by atoms with Gasteiger partial charge < -0.3 is 10.5 Å². The van der Waals surface area contributed by atoms with Crippen molar-refractivity contribution in [1.29, 1.82) is 0 Å². The average Bonchev–Trinajstić information content (AvgIpc) is 2.92. The molecule has 0 saturated carbocycles. The van der Waals surface area contributed by atoms with Crippen molar-refractivity contribution in [3.63, 3.8) is 0 Å². The summed E-state index contributed by atoms with van der Waals surface area (Å²) in [6.07, 6.45) is 5.54. The molecule has 2 unspecified atom stereocenters. The van der Waals surface area contributed by atoms with Crippen molar-refractivity contribution >= 4 is 0 Å². The van der Waals surface area contributed by atoms with Crippen LogP contribution in [0.4, 0.5) is 0 Å². The van der Waals surface area contributed by atoms with E-state index in [1.807, 2.05) is 6.07 Å². The third kappa shape index (κ3) is 2.28. The fourth-order valence-corrected chi connectivity index (χ4v) is 3.33. The molecule has 1 aliphatic carbocycles. The first-order chi connectivity index (χ1) is 10.6. The van der Waals surface area contributed by atoms with Crippen LogP contribution in [0.2, 0.25) is 0 Å². The number of aryl methyl sites for hydroxylation is 1. The first kappa shape index (κ1) is 14.7. The van der Waals surface area contributed by atoms with Crippen LogP contribution in [0.5, 0.6) is 0 Å². The van der Waals surface area contributed by atoms with Gasteiger partial charge in [0.15, 0.2) is 0 Å². The molecule has 1 heterocycles. The molecule has 1 aliphatic heterocycles. The summed E-state index contributed by atoms with van der Waals surface area (Å²) >= 11 is 0. The highest BCUT2D eigenvalue weighted by Gasteiger charge is 2.42. The summed E-state index contributed by atoms with van der Waals surface area (Å²) in [4.78, 5) is 2.81. The Morgan fingerprint density at radius 2 is 2.27 bits per heavy atom. The lowest BCUT2D eigenvalue weighted by Crippen LogP contribution is -2.41. The number of nitrogens with two attached hydrogens (primary N) is 1. The minimum atomic E-state index is -0.634. The fourth-order valence-electron chi connectivity index (χ4n) is 3.33. The van der Waals surface area contributed by atoms with Gasteiger partial charge in [-0.05, 0) is 48.1 Å². The maximum absolute atomic E-state index is 8.48. The van der Waals surface area contributed by atoms with Crippen LogP contribution in [0.3, 0.4) is 0 Å². The van der Waals surface area contributed by atoms with E-state index < -0.39 is 5.54 Å². The van der Waals surface area contributed by atoms with Crippen LogP contribution in [-0.2, 0) is 10.3 Å². The molecule has 0 amide bonds. The van der Waals surface area contributed by atoms with E-state index in [0.717, 1.165) is 23.3 Å². The predicted octanol–water partition coefficient (Wildman–Crippen LogP) is 3.77. The molecule has 114 valence electrons. The molecule has 0 spiro atoms. The number of nitrogens with zero attached hydrogens (tertiary/aromatic N) is 3. The molecule has 0 radical (unpaired) electrons. The Morgan fingerprint density at radius 3 is 3.05 bits per heavy atom. The number of ether oxygens (including phenoxy) is 1. The Bertz CT molecular complexity index is 715. The Labute approximate surface area is 130 Å². The molecule has 0 saturated heterocycles. The molecule has 2 atom stereocenters. The lowest BCUT2D eigenvalue weighted by Gasteiger charge is -2.34. The summed E-state index contributed by atoms with van der Waals surface area (Å²) in [5.74, 6) is 0.835. The van der Waals surface area contributed by atoms with E-state index in [4.69, 9.17) is 16.0 Å². The highest BCUT2D eigenvalue weighted by molar-refractivity contribution is 5.48. The van der Waals surface area contributed by atoms with Gasteiger partial charge in [-0.3, -0.25) is 0 Å². The molecular formula is C17H20N4O. The third-order valence-electron chi connectivity index (χ3n) is 4.62. The third-order valence-corrected chi connectivity index (χ3v) is 4.62. The lowest BCUT2D eigenvalue weighted by atomic mass is 9.78. The van der Waals surface area contributed by atoms with Gasteiger partial charge in [-0.1, -0.05) is 35.5 Å². The standard InChI is InChI=1S/C17H20N4O/c1-11-5-3-7-15(12(11)2)17(18)8-4-6-13-9-14(10-20-21-19)22-16(13)17/h3-7,14H,8-10,18H2,1-2H3. The van der Waals surface area contributed by atoms with Crippen LogP contribution in [0.1, 0.15) is 29.5 Å². The molecule has 1 aromatic carbocycles. The molecule has 1 aromatic rings. The molecular weight excluding hydrogens is 276 g/mol. The van der Waals surface area contributed by atoms with Crippen molar-refractivity contribution in [3.8, 4) is 0 Å². The van der Waals surface area contributed by atoms with Crippen LogP contribution in [0.15, 0.2) is 46.8 Å². The summed E-state index contributed by atoms with van der Waals surface area (Å²) in [6, 6.07) is 6.21. The minimum Gasteiger partial charge on any atom is -0.492 e. The van der Waals surface area contributed by atoms with Gasteiger partial charge in [0, 0.05) is 11.3 Å². The van der Waals surface area contributed by atoms with Crippen molar-refractivity contribution in [1.82, 2.24) is 0 Å². The zero-order valence-electron chi connectivity index (χ0n) is 12.9. The largest absolute Gasteiger partial charge is 0.492 e. The zero-order valence-corrected chi connectivity index (χ0v) is 12.9. The molecule has 2 N–H and O–H groups in total. The zero-order chi connectivity index (χ0) is 15.7. The van der Waals surface area contributed by atoms with Crippen LogP contribution < -0.4 is 5.73 Å². The smallest absolute Gasteiger partial charge is 0.124 e. The number of hydrogen-bond donors (Lipinski definition) is 1. The molecule has 5 heteroatoms. The van der Waals surface area contributed by atoms with E-state index in [2.05, 4.69) is 48.2 Å². The quantitative estimate of drug-likeness (QED) is 0.523. The number of benzene rings is 1. The Kier molecular flexibility index (Phi) is 3.69. The van der Waals surface area contributed by atoms with E-state index in [-0.39, 0.29) is 6.10 Å². The van der Waals surface area contributed by atoms with Crippen LogP contribution in [0.25, 0.3) is 10.4 Å². The van der Waals surface area contributed by atoms with Gasteiger partial charge in [0.2, 0.25) is 0 Å². The number of azide groups is 1. The van der Waals surface area contributed by atoms with Gasteiger partial charge >= 0.3 is 0 Å². The summed E-state index contributed by atoms with van der Waals surface area (Å²) in [5, 5.41) is 3.63. The van der Waals surface area contributed by atoms with Crippen LogP contribution in [-0.4, -0.2) is 12.6 Å². The van der Waals surface area contributed by atoms with Crippen molar-refractivity contribution in [2.24, 2.45) is 10.8 Å². The normalized spacial score (nSPS) is 26.4. The molecule has 2 aliphatic rings. The van der Waals surface area contributed by atoms with Gasteiger partial charge in [-0.2, -0.15) is 0 Å². The second kappa shape index (κ2) is 5.52. The maximum Gasteiger partial charge on any atom is 0.124 e. The van der Waals surface area contributed by atoms with E-state index in [9.17, 15) is 0 Å². The van der Waals surface area contributed by atoms with Crippen molar-refractivity contribution < 1.29 is 4.74 Å². The Balaban J connectivity index is 1.99. The van der Waals surface area contributed by atoms with Gasteiger partial charge in [0.05, 0.1) is 6.54 Å². The second-order valence-corrected chi connectivity index (χ2v) is 6.04. The average molecular weight is 296 g/mol.